The van der Waals surface area contributed by atoms with E-state index in [1.54, 1.807) is 7.05 Å². The van der Waals surface area contributed by atoms with Crippen molar-refractivity contribution >= 4 is 11.6 Å². The molecular formula is C12H16F2N2O. The molecule has 1 aromatic rings. The molecule has 1 amide bonds. The maximum atomic E-state index is 13.2. The van der Waals surface area contributed by atoms with Crippen molar-refractivity contribution in [3.63, 3.8) is 0 Å². The van der Waals surface area contributed by atoms with Crippen LogP contribution < -0.4 is 5.32 Å². The topological polar surface area (TPSA) is 32.3 Å². The minimum atomic E-state index is -0.704. The predicted octanol–water partition coefficient (Wildman–Crippen LogP) is 2.24. The van der Waals surface area contributed by atoms with E-state index in [-0.39, 0.29) is 24.2 Å². The molecule has 3 nitrogen and oxygen atoms in total. The second kappa shape index (κ2) is 5.61. The summed E-state index contributed by atoms with van der Waals surface area (Å²) < 4.78 is 26.5. The van der Waals surface area contributed by atoms with Crippen LogP contribution in [0.1, 0.15) is 13.8 Å². The fourth-order valence-corrected chi connectivity index (χ4v) is 1.24. The van der Waals surface area contributed by atoms with E-state index in [2.05, 4.69) is 5.32 Å². The number of nitrogens with one attached hydrogen (secondary N) is 1. The van der Waals surface area contributed by atoms with Gasteiger partial charge in [0.2, 0.25) is 5.91 Å². The highest BCUT2D eigenvalue weighted by Gasteiger charge is 2.14. The Kier molecular flexibility index (Phi) is 4.43. The third kappa shape index (κ3) is 3.41. The van der Waals surface area contributed by atoms with Gasteiger partial charge in [0, 0.05) is 13.1 Å². The molecule has 0 aliphatic carbocycles. The molecule has 0 radical (unpaired) electrons. The summed E-state index contributed by atoms with van der Waals surface area (Å²) in [5.74, 6) is -1.63. The first-order valence-electron chi connectivity index (χ1n) is 5.37. The molecule has 0 aliphatic rings. The van der Waals surface area contributed by atoms with Crippen molar-refractivity contribution in [1.82, 2.24) is 4.90 Å². The van der Waals surface area contributed by atoms with Gasteiger partial charge in [-0.2, -0.15) is 0 Å². The number of carbonyl (C=O) groups is 1. The van der Waals surface area contributed by atoms with E-state index in [0.29, 0.717) is 0 Å². The van der Waals surface area contributed by atoms with Crippen LogP contribution in [0.15, 0.2) is 18.2 Å². The lowest BCUT2D eigenvalue weighted by Crippen LogP contribution is -2.37. The third-order valence-electron chi connectivity index (χ3n) is 2.55. The average molecular weight is 242 g/mol. The summed E-state index contributed by atoms with van der Waals surface area (Å²) >= 11 is 0. The fourth-order valence-electron chi connectivity index (χ4n) is 1.24. The Morgan fingerprint density at radius 2 is 1.88 bits per heavy atom. The molecule has 0 saturated carbocycles. The Bertz CT molecular complexity index is 387. The highest BCUT2D eigenvalue weighted by Crippen LogP contribution is 2.17. The summed E-state index contributed by atoms with van der Waals surface area (Å²) in [6.45, 7) is 3.59. The minimum Gasteiger partial charge on any atom is -0.371 e. The Balaban J connectivity index is 2.65. The number of halogens is 2. The van der Waals surface area contributed by atoms with Gasteiger partial charge in [-0.05, 0) is 26.0 Å². The van der Waals surface area contributed by atoms with E-state index in [1.165, 1.54) is 11.0 Å². The van der Waals surface area contributed by atoms with Gasteiger partial charge in [0.25, 0.3) is 0 Å². The second-order valence-corrected chi connectivity index (χ2v) is 4.05. The zero-order chi connectivity index (χ0) is 13.0. The lowest BCUT2D eigenvalue weighted by Gasteiger charge is -2.21. The lowest BCUT2D eigenvalue weighted by molar-refractivity contribution is -0.129. The normalized spacial score (nSPS) is 10.5. The number of likely N-dealkylation sites (N-methyl/N-ethyl adjacent to an activating group) is 1. The van der Waals surface area contributed by atoms with Crippen molar-refractivity contribution in [2.24, 2.45) is 0 Å². The van der Waals surface area contributed by atoms with Gasteiger partial charge in [0.15, 0.2) is 0 Å². The number of anilines is 1. The molecule has 0 heterocycles. The van der Waals surface area contributed by atoms with E-state index in [9.17, 15) is 13.6 Å². The van der Waals surface area contributed by atoms with Gasteiger partial charge in [-0.3, -0.25) is 4.79 Å². The molecule has 0 atom stereocenters. The number of para-hydroxylation sites is 1. The number of nitrogens with zero attached hydrogens (tertiary/aromatic N) is 1. The summed E-state index contributed by atoms with van der Waals surface area (Å²) in [6, 6.07) is 3.61. The first-order chi connectivity index (χ1) is 7.93. The van der Waals surface area contributed by atoms with E-state index in [4.69, 9.17) is 0 Å². The molecule has 5 heteroatoms. The maximum absolute atomic E-state index is 13.2. The average Bonchev–Trinajstić information content (AvgIpc) is 2.26. The number of benzene rings is 1. The van der Waals surface area contributed by atoms with Crippen molar-refractivity contribution < 1.29 is 13.6 Å². The molecule has 0 bridgehead atoms. The Morgan fingerprint density at radius 3 is 2.35 bits per heavy atom. The number of hydrogen-bond donors (Lipinski definition) is 1. The lowest BCUT2D eigenvalue weighted by atomic mass is 10.3. The van der Waals surface area contributed by atoms with Gasteiger partial charge < -0.3 is 10.2 Å². The van der Waals surface area contributed by atoms with E-state index < -0.39 is 11.6 Å². The first kappa shape index (κ1) is 13.4. The summed E-state index contributed by atoms with van der Waals surface area (Å²) in [5, 5.41) is 2.48. The smallest absolute Gasteiger partial charge is 0.241 e. The van der Waals surface area contributed by atoms with Gasteiger partial charge in [0.1, 0.15) is 17.3 Å². The second-order valence-electron chi connectivity index (χ2n) is 4.05. The van der Waals surface area contributed by atoms with Crippen LogP contribution in [0.4, 0.5) is 14.5 Å². The van der Waals surface area contributed by atoms with Gasteiger partial charge in [-0.25, -0.2) is 8.78 Å². The van der Waals surface area contributed by atoms with E-state index in [0.717, 1.165) is 12.1 Å². The quantitative estimate of drug-likeness (QED) is 0.878. The molecule has 0 aliphatic heterocycles. The highest BCUT2D eigenvalue weighted by atomic mass is 19.1. The van der Waals surface area contributed by atoms with Crippen LogP contribution in [0.5, 0.6) is 0 Å². The SMILES string of the molecule is CC(C)N(C)C(=O)CNc1c(F)cccc1F. The van der Waals surface area contributed by atoms with Gasteiger partial charge in [0.05, 0.1) is 6.54 Å². The molecule has 17 heavy (non-hydrogen) atoms. The highest BCUT2D eigenvalue weighted by molar-refractivity contribution is 5.80. The Hall–Kier alpha value is -1.65. The zero-order valence-corrected chi connectivity index (χ0v) is 10.1. The largest absolute Gasteiger partial charge is 0.371 e. The van der Waals surface area contributed by atoms with Crippen LogP contribution in [0.3, 0.4) is 0 Å². The molecule has 0 unspecified atom stereocenters. The Morgan fingerprint density at radius 1 is 1.35 bits per heavy atom. The molecule has 1 N–H and O–H groups in total. The van der Waals surface area contributed by atoms with Crippen molar-refractivity contribution in [2.45, 2.75) is 19.9 Å². The van der Waals surface area contributed by atoms with Gasteiger partial charge in [-0.1, -0.05) is 6.07 Å². The standard InChI is InChI=1S/C12H16F2N2O/c1-8(2)16(3)11(17)7-15-12-9(13)5-4-6-10(12)14/h4-6,8,15H,7H2,1-3H3. The number of rotatable bonds is 4. The van der Waals surface area contributed by atoms with Crippen LogP contribution in [0, 0.1) is 11.6 Å². The van der Waals surface area contributed by atoms with E-state index in [1.807, 2.05) is 13.8 Å². The van der Waals surface area contributed by atoms with Crippen LogP contribution in [0.2, 0.25) is 0 Å². The van der Waals surface area contributed by atoms with Gasteiger partial charge >= 0.3 is 0 Å². The summed E-state index contributed by atoms with van der Waals surface area (Å²) in [6.07, 6.45) is 0. The molecule has 1 rings (SSSR count). The molecule has 0 aromatic heterocycles. The molecule has 0 saturated heterocycles. The number of carbonyl (C=O) groups excluding carboxylic acids is 1. The van der Waals surface area contributed by atoms with Crippen LogP contribution in [-0.2, 0) is 4.79 Å². The van der Waals surface area contributed by atoms with Crippen molar-refractivity contribution in [2.75, 3.05) is 18.9 Å². The Labute approximate surface area is 99.4 Å². The van der Waals surface area contributed by atoms with Crippen molar-refractivity contribution in [3.05, 3.63) is 29.8 Å². The minimum absolute atomic E-state index is 0.0507. The van der Waals surface area contributed by atoms with Crippen LogP contribution in [0.25, 0.3) is 0 Å². The molecule has 0 spiro atoms. The monoisotopic (exact) mass is 242 g/mol. The van der Waals surface area contributed by atoms with Crippen LogP contribution in [-0.4, -0.2) is 30.4 Å². The molecular weight excluding hydrogens is 226 g/mol. The van der Waals surface area contributed by atoms with Crippen molar-refractivity contribution in [1.29, 1.82) is 0 Å². The molecule has 1 aromatic carbocycles. The first-order valence-corrected chi connectivity index (χ1v) is 5.37. The number of amides is 1. The van der Waals surface area contributed by atoms with Crippen LogP contribution >= 0.6 is 0 Å². The van der Waals surface area contributed by atoms with Gasteiger partial charge in [-0.15, -0.1) is 0 Å². The fraction of sp³-hybridized carbons (Fsp3) is 0.417. The summed E-state index contributed by atoms with van der Waals surface area (Å²) in [5.41, 5.74) is -0.266. The van der Waals surface area contributed by atoms with Crippen molar-refractivity contribution in [3.8, 4) is 0 Å². The maximum Gasteiger partial charge on any atom is 0.241 e. The predicted molar refractivity (Wildman–Crippen MR) is 62.8 cm³/mol. The molecule has 0 fully saturated rings. The third-order valence-corrected chi connectivity index (χ3v) is 2.55. The summed E-state index contributed by atoms with van der Waals surface area (Å²) in [4.78, 5) is 13.1. The van der Waals surface area contributed by atoms with E-state index >= 15 is 0 Å². The molecule has 94 valence electrons. The zero-order valence-electron chi connectivity index (χ0n) is 10.1. The number of hydrogen-bond acceptors (Lipinski definition) is 2. The summed E-state index contributed by atoms with van der Waals surface area (Å²) in [7, 11) is 1.65.